The lowest BCUT2D eigenvalue weighted by molar-refractivity contribution is -0.133. The number of nitrogens with zero attached hydrogens (tertiary/aromatic N) is 2. The summed E-state index contributed by atoms with van der Waals surface area (Å²) in [5, 5.41) is 0. The van der Waals surface area contributed by atoms with Crippen LogP contribution in [0.4, 0.5) is 0 Å². The summed E-state index contributed by atoms with van der Waals surface area (Å²) < 4.78 is 0. The van der Waals surface area contributed by atoms with Gasteiger partial charge in [0.05, 0.1) is 0 Å². The van der Waals surface area contributed by atoms with Crippen LogP contribution < -0.4 is 5.73 Å². The molecule has 3 fully saturated rings. The Bertz CT molecular complexity index is 336. The first-order chi connectivity index (χ1) is 9.13. The van der Waals surface area contributed by atoms with E-state index in [0.717, 1.165) is 44.1 Å². The summed E-state index contributed by atoms with van der Waals surface area (Å²) in [6, 6.07) is 0.806. The average Bonchev–Trinajstić information content (AvgIpc) is 3.00. The van der Waals surface area contributed by atoms with Crippen molar-refractivity contribution in [1.29, 1.82) is 0 Å². The number of fused-ring (bicyclic) bond motifs is 2. The Morgan fingerprint density at radius 1 is 1.21 bits per heavy atom. The number of piperazine rings is 1. The predicted octanol–water partition coefficient (Wildman–Crippen LogP) is 1.06. The van der Waals surface area contributed by atoms with Gasteiger partial charge in [0.15, 0.2) is 0 Å². The van der Waals surface area contributed by atoms with E-state index in [2.05, 4.69) is 4.90 Å². The molecule has 0 aromatic carbocycles. The van der Waals surface area contributed by atoms with Gasteiger partial charge in [0, 0.05) is 44.7 Å². The van der Waals surface area contributed by atoms with Crippen LogP contribution in [-0.2, 0) is 4.79 Å². The SMILES string of the molecule is CC(N)CC(=O)N1CCN(C2CC3CCC2C3)CC1. The second-order valence-corrected chi connectivity index (χ2v) is 6.84. The van der Waals surface area contributed by atoms with E-state index in [1.165, 1.54) is 25.7 Å². The van der Waals surface area contributed by atoms with E-state index in [1.807, 2.05) is 11.8 Å². The first-order valence-electron chi connectivity index (χ1n) is 7.91. The van der Waals surface area contributed by atoms with Crippen LogP contribution in [0, 0.1) is 11.8 Å². The minimum atomic E-state index is -0.0175. The molecule has 2 aliphatic carbocycles. The maximum atomic E-state index is 12.0. The molecule has 0 aromatic heterocycles. The first kappa shape index (κ1) is 13.4. The number of nitrogens with two attached hydrogens (primary N) is 1. The third kappa shape index (κ3) is 2.79. The van der Waals surface area contributed by atoms with Crippen molar-refractivity contribution in [2.45, 2.75) is 51.1 Å². The van der Waals surface area contributed by atoms with Gasteiger partial charge in [-0.2, -0.15) is 0 Å². The molecule has 1 amide bonds. The minimum Gasteiger partial charge on any atom is -0.340 e. The van der Waals surface area contributed by atoms with E-state index < -0.39 is 0 Å². The number of rotatable bonds is 3. The highest BCUT2D eigenvalue weighted by Crippen LogP contribution is 2.46. The second kappa shape index (κ2) is 5.41. The maximum Gasteiger partial charge on any atom is 0.224 e. The van der Waals surface area contributed by atoms with E-state index >= 15 is 0 Å². The zero-order valence-corrected chi connectivity index (χ0v) is 12.1. The highest BCUT2D eigenvalue weighted by Gasteiger charge is 2.42. The van der Waals surface area contributed by atoms with Gasteiger partial charge in [-0.15, -0.1) is 0 Å². The average molecular weight is 265 g/mol. The van der Waals surface area contributed by atoms with Crippen molar-refractivity contribution in [2.75, 3.05) is 26.2 Å². The molecular formula is C15H27N3O. The standard InChI is InChI=1S/C15H27N3O/c1-11(16)8-15(19)18-6-4-17(5-7-18)14-10-12-2-3-13(14)9-12/h11-14H,2-10,16H2,1H3. The zero-order valence-electron chi connectivity index (χ0n) is 12.1. The van der Waals surface area contributed by atoms with Crippen molar-refractivity contribution < 1.29 is 4.79 Å². The fourth-order valence-corrected chi connectivity index (χ4v) is 4.37. The lowest BCUT2D eigenvalue weighted by atomic mass is 9.93. The van der Waals surface area contributed by atoms with Gasteiger partial charge in [-0.1, -0.05) is 6.42 Å². The largest absolute Gasteiger partial charge is 0.340 e. The van der Waals surface area contributed by atoms with Crippen molar-refractivity contribution in [1.82, 2.24) is 9.80 Å². The van der Waals surface area contributed by atoms with E-state index in [-0.39, 0.29) is 11.9 Å². The topological polar surface area (TPSA) is 49.6 Å². The molecule has 4 atom stereocenters. The summed E-state index contributed by atoms with van der Waals surface area (Å²) in [4.78, 5) is 16.7. The van der Waals surface area contributed by atoms with Gasteiger partial charge in [0.25, 0.3) is 0 Å². The van der Waals surface area contributed by atoms with Gasteiger partial charge < -0.3 is 10.6 Å². The van der Waals surface area contributed by atoms with E-state index in [4.69, 9.17) is 5.73 Å². The van der Waals surface area contributed by atoms with Crippen LogP contribution >= 0.6 is 0 Å². The number of hydrogen-bond donors (Lipinski definition) is 1. The fraction of sp³-hybridized carbons (Fsp3) is 0.933. The Hall–Kier alpha value is -0.610. The van der Waals surface area contributed by atoms with Crippen LogP contribution in [0.3, 0.4) is 0 Å². The summed E-state index contributed by atoms with van der Waals surface area (Å²) in [5.74, 6) is 2.20. The molecule has 0 spiro atoms. The molecule has 2 N–H and O–H groups in total. The smallest absolute Gasteiger partial charge is 0.224 e. The molecule has 4 heteroatoms. The lowest BCUT2D eigenvalue weighted by Gasteiger charge is -2.41. The van der Waals surface area contributed by atoms with Crippen LogP contribution in [0.2, 0.25) is 0 Å². The van der Waals surface area contributed by atoms with Crippen LogP contribution in [0.1, 0.15) is 39.0 Å². The molecule has 4 nitrogen and oxygen atoms in total. The molecule has 1 saturated heterocycles. The quantitative estimate of drug-likeness (QED) is 0.830. The van der Waals surface area contributed by atoms with E-state index in [0.29, 0.717) is 6.42 Å². The highest BCUT2D eigenvalue weighted by molar-refractivity contribution is 5.76. The summed E-state index contributed by atoms with van der Waals surface area (Å²) in [5.41, 5.74) is 5.71. The fourth-order valence-electron chi connectivity index (χ4n) is 4.37. The number of amides is 1. The Labute approximate surface area is 116 Å². The Balaban J connectivity index is 1.48. The van der Waals surface area contributed by atoms with Gasteiger partial charge in [-0.05, 0) is 38.0 Å². The summed E-state index contributed by atoms with van der Waals surface area (Å²) >= 11 is 0. The van der Waals surface area contributed by atoms with Gasteiger partial charge in [-0.25, -0.2) is 0 Å². The molecule has 3 rings (SSSR count). The Kier molecular flexibility index (Phi) is 3.81. The minimum absolute atomic E-state index is 0.0175. The molecule has 2 saturated carbocycles. The van der Waals surface area contributed by atoms with Gasteiger partial charge in [-0.3, -0.25) is 9.69 Å². The normalized spacial score (nSPS) is 36.7. The van der Waals surface area contributed by atoms with Crippen LogP contribution in [0.25, 0.3) is 0 Å². The lowest BCUT2D eigenvalue weighted by Crippen LogP contribution is -2.53. The molecule has 19 heavy (non-hydrogen) atoms. The highest BCUT2D eigenvalue weighted by atomic mass is 16.2. The molecule has 0 radical (unpaired) electrons. The maximum absolute atomic E-state index is 12.0. The van der Waals surface area contributed by atoms with E-state index in [1.54, 1.807) is 0 Å². The third-order valence-electron chi connectivity index (χ3n) is 5.33. The van der Waals surface area contributed by atoms with Gasteiger partial charge in [0.1, 0.15) is 0 Å². The summed E-state index contributed by atoms with van der Waals surface area (Å²) in [6.45, 7) is 5.85. The third-order valence-corrected chi connectivity index (χ3v) is 5.33. The summed E-state index contributed by atoms with van der Waals surface area (Å²) in [7, 11) is 0. The molecule has 2 bridgehead atoms. The summed E-state index contributed by atoms with van der Waals surface area (Å²) in [6.07, 6.45) is 6.29. The number of carbonyl (C=O) groups is 1. The van der Waals surface area contributed by atoms with Gasteiger partial charge in [0.2, 0.25) is 5.91 Å². The van der Waals surface area contributed by atoms with Crippen LogP contribution in [-0.4, -0.2) is 54.0 Å². The van der Waals surface area contributed by atoms with Crippen molar-refractivity contribution in [3.63, 3.8) is 0 Å². The molecular weight excluding hydrogens is 238 g/mol. The molecule has 1 aliphatic heterocycles. The first-order valence-corrected chi connectivity index (χ1v) is 7.91. The van der Waals surface area contributed by atoms with Crippen LogP contribution in [0.5, 0.6) is 0 Å². The van der Waals surface area contributed by atoms with Crippen molar-refractivity contribution in [3.05, 3.63) is 0 Å². The van der Waals surface area contributed by atoms with Crippen molar-refractivity contribution in [3.8, 4) is 0 Å². The van der Waals surface area contributed by atoms with E-state index in [9.17, 15) is 4.79 Å². The number of carbonyl (C=O) groups excluding carboxylic acids is 1. The Morgan fingerprint density at radius 2 is 1.95 bits per heavy atom. The Morgan fingerprint density at radius 3 is 2.47 bits per heavy atom. The predicted molar refractivity (Wildman–Crippen MR) is 75.7 cm³/mol. The second-order valence-electron chi connectivity index (χ2n) is 6.84. The molecule has 4 unspecified atom stereocenters. The zero-order chi connectivity index (χ0) is 13.4. The van der Waals surface area contributed by atoms with Crippen molar-refractivity contribution in [2.24, 2.45) is 17.6 Å². The molecule has 108 valence electrons. The monoisotopic (exact) mass is 265 g/mol. The molecule has 0 aromatic rings. The van der Waals surface area contributed by atoms with Crippen LogP contribution in [0.15, 0.2) is 0 Å². The number of hydrogen-bond acceptors (Lipinski definition) is 3. The van der Waals surface area contributed by atoms with Crippen molar-refractivity contribution >= 4 is 5.91 Å². The van der Waals surface area contributed by atoms with Gasteiger partial charge >= 0.3 is 0 Å². The molecule has 3 aliphatic rings. The molecule has 1 heterocycles.